The van der Waals surface area contributed by atoms with Crippen LogP contribution in [0.1, 0.15) is 6.92 Å². The molecular weight excluding hydrogens is 150 g/mol. The minimum absolute atomic E-state index is 0.0402. The third-order valence-electron chi connectivity index (χ3n) is 1.34. The minimum Gasteiger partial charge on any atom is -0.362 e. The summed E-state index contributed by atoms with van der Waals surface area (Å²) in [6.07, 6.45) is 3.13. The molecule has 1 aromatic carbocycles. The van der Waals surface area contributed by atoms with E-state index in [2.05, 4.69) is 5.32 Å². The van der Waals surface area contributed by atoms with E-state index in [9.17, 15) is 4.79 Å². The summed E-state index contributed by atoms with van der Waals surface area (Å²) in [7, 11) is 0. The molecule has 0 aliphatic heterocycles. The standard InChI is InChI=1S/C10H11NO/c1-9(12)7-8-11-10-5-3-2-4-6-10/h2-8,11H,1H3/b8-7-. The number of ketones is 1. The number of hydrogen-bond donors (Lipinski definition) is 1. The molecule has 1 N–H and O–H groups in total. The van der Waals surface area contributed by atoms with Crippen LogP contribution in [-0.4, -0.2) is 5.78 Å². The van der Waals surface area contributed by atoms with Gasteiger partial charge >= 0.3 is 0 Å². The predicted octanol–water partition coefficient (Wildman–Crippen LogP) is 2.20. The Hall–Kier alpha value is -1.57. The van der Waals surface area contributed by atoms with Crippen LogP contribution in [0.25, 0.3) is 0 Å². The van der Waals surface area contributed by atoms with Crippen LogP contribution in [0.5, 0.6) is 0 Å². The van der Waals surface area contributed by atoms with Crippen LogP contribution in [0.2, 0.25) is 0 Å². The average molecular weight is 161 g/mol. The van der Waals surface area contributed by atoms with Gasteiger partial charge in [0.15, 0.2) is 5.78 Å². The molecule has 0 radical (unpaired) electrons. The SMILES string of the molecule is CC(=O)/C=C\Nc1ccccc1. The van der Waals surface area contributed by atoms with Crippen molar-refractivity contribution in [3.8, 4) is 0 Å². The highest BCUT2D eigenvalue weighted by molar-refractivity contribution is 5.87. The summed E-state index contributed by atoms with van der Waals surface area (Å²) in [5, 5.41) is 2.97. The van der Waals surface area contributed by atoms with Crippen LogP contribution >= 0.6 is 0 Å². The van der Waals surface area contributed by atoms with Gasteiger partial charge < -0.3 is 5.32 Å². The number of rotatable bonds is 3. The summed E-state index contributed by atoms with van der Waals surface area (Å²) in [4.78, 5) is 10.5. The molecular formula is C10H11NO. The molecule has 2 heteroatoms. The normalized spacial score (nSPS) is 10.1. The maximum Gasteiger partial charge on any atom is 0.154 e. The molecule has 0 saturated carbocycles. The number of allylic oxidation sites excluding steroid dienone is 1. The summed E-state index contributed by atoms with van der Waals surface area (Å²) >= 11 is 0. The smallest absolute Gasteiger partial charge is 0.154 e. The molecule has 12 heavy (non-hydrogen) atoms. The molecule has 0 bridgehead atoms. The molecule has 0 aliphatic rings. The fourth-order valence-electron chi connectivity index (χ4n) is 0.790. The van der Waals surface area contributed by atoms with E-state index >= 15 is 0 Å². The highest BCUT2D eigenvalue weighted by atomic mass is 16.1. The molecule has 1 aromatic rings. The zero-order chi connectivity index (χ0) is 8.81. The fourth-order valence-corrected chi connectivity index (χ4v) is 0.790. The van der Waals surface area contributed by atoms with E-state index in [-0.39, 0.29) is 5.78 Å². The second kappa shape index (κ2) is 4.34. The van der Waals surface area contributed by atoms with Crippen molar-refractivity contribution in [2.45, 2.75) is 6.92 Å². The number of hydrogen-bond acceptors (Lipinski definition) is 2. The Morgan fingerprint density at radius 3 is 2.58 bits per heavy atom. The topological polar surface area (TPSA) is 29.1 Å². The summed E-state index contributed by atoms with van der Waals surface area (Å²) in [5.41, 5.74) is 0.981. The van der Waals surface area contributed by atoms with Gasteiger partial charge in [0.1, 0.15) is 0 Å². The Labute approximate surface area is 71.9 Å². The molecule has 2 nitrogen and oxygen atoms in total. The second-order valence-electron chi connectivity index (χ2n) is 2.45. The first-order valence-electron chi connectivity index (χ1n) is 3.78. The van der Waals surface area contributed by atoms with Crippen molar-refractivity contribution in [3.63, 3.8) is 0 Å². The van der Waals surface area contributed by atoms with Crippen LogP contribution in [0.15, 0.2) is 42.6 Å². The Morgan fingerprint density at radius 2 is 2.00 bits per heavy atom. The lowest BCUT2D eigenvalue weighted by molar-refractivity contribution is -0.112. The lowest BCUT2D eigenvalue weighted by Crippen LogP contribution is -1.88. The van der Waals surface area contributed by atoms with Gasteiger partial charge in [0.05, 0.1) is 0 Å². The quantitative estimate of drug-likeness (QED) is 0.688. The Morgan fingerprint density at radius 1 is 1.33 bits per heavy atom. The summed E-state index contributed by atoms with van der Waals surface area (Å²) < 4.78 is 0. The zero-order valence-corrected chi connectivity index (χ0v) is 6.95. The van der Waals surface area contributed by atoms with E-state index < -0.39 is 0 Å². The Bertz CT molecular complexity index is 277. The highest BCUT2D eigenvalue weighted by Crippen LogP contribution is 2.03. The van der Waals surface area contributed by atoms with Gasteiger partial charge in [-0.2, -0.15) is 0 Å². The largest absolute Gasteiger partial charge is 0.362 e. The van der Waals surface area contributed by atoms with Gasteiger partial charge in [-0.15, -0.1) is 0 Å². The van der Waals surface area contributed by atoms with E-state index in [1.807, 2.05) is 30.3 Å². The van der Waals surface area contributed by atoms with Crippen molar-refractivity contribution < 1.29 is 4.79 Å². The molecule has 0 spiro atoms. The van der Waals surface area contributed by atoms with Crippen molar-refractivity contribution >= 4 is 11.5 Å². The number of para-hydroxylation sites is 1. The number of carbonyl (C=O) groups is 1. The molecule has 1 rings (SSSR count). The summed E-state index contributed by atoms with van der Waals surface area (Å²) in [6.45, 7) is 1.52. The van der Waals surface area contributed by atoms with Gasteiger partial charge in [0.2, 0.25) is 0 Å². The summed E-state index contributed by atoms with van der Waals surface area (Å²) in [5.74, 6) is 0.0402. The van der Waals surface area contributed by atoms with E-state index in [1.165, 1.54) is 13.0 Å². The minimum atomic E-state index is 0.0402. The lowest BCUT2D eigenvalue weighted by Gasteiger charge is -1.97. The van der Waals surface area contributed by atoms with E-state index in [0.717, 1.165) is 5.69 Å². The van der Waals surface area contributed by atoms with Gasteiger partial charge in [0.25, 0.3) is 0 Å². The molecule has 0 fully saturated rings. The first-order chi connectivity index (χ1) is 5.79. The van der Waals surface area contributed by atoms with Crippen LogP contribution < -0.4 is 5.32 Å². The van der Waals surface area contributed by atoms with Crippen molar-refractivity contribution in [1.82, 2.24) is 0 Å². The molecule has 0 aromatic heterocycles. The number of anilines is 1. The van der Waals surface area contributed by atoms with Crippen LogP contribution in [0.3, 0.4) is 0 Å². The van der Waals surface area contributed by atoms with Crippen LogP contribution in [-0.2, 0) is 4.79 Å². The van der Waals surface area contributed by atoms with Crippen LogP contribution in [0.4, 0.5) is 5.69 Å². The third-order valence-corrected chi connectivity index (χ3v) is 1.34. The molecule has 0 heterocycles. The van der Waals surface area contributed by atoms with Gasteiger partial charge in [-0.1, -0.05) is 18.2 Å². The lowest BCUT2D eigenvalue weighted by atomic mass is 10.3. The van der Waals surface area contributed by atoms with Gasteiger partial charge in [-0.25, -0.2) is 0 Å². The molecule has 0 amide bonds. The molecule has 0 aliphatic carbocycles. The first kappa shape index (κ1) is 8.53. The number of carbonyl (C=O) groups excluding carboxylic acids is 1. The Kier molecular flexibility index (Phi) is 3.08. The number of benzene rings is 1. The predicted molar refractivity (Wildman–Crippen MR) is 49.9 cm³/mol. The average Bonchev–Trinajstić information content (AvgIpc) is 2.05. The Balaban J connectivity index is 2.49. The third kappa shape index (κ3) is 3.01. The maximum absolute atomic E-state index is 10.5. The van der Waals surface area contributed by atoms with Gasteiger partial charge in [0, 0.05) is 11.9 Å². The van der Waals surface area contributed by atoms with Crippen molar-refractivity contribution in [2.24, 2.45) is 0 Å². The fraction of sp³-hybridized carbons (Fsp3) is 0.100. The van der Waals surface area contributed by atoms with Gasteiger partial charge in [-0.05, 0) is 25.1 Å². The van der Waals surface area contributed by atoms with Crippen molar-refractivity contribution in [1.29, 1.82) is 0 Å². The van der Waals surface area contributed by atoms with E-state index in [4.69, 9.17) is 0 Å². The molecule has 0 atom stereocenters. The molecule has 0 saturated heterocycles. The zero-order valence-electron chi connectivity index (χ0n) is 6.95. The van der Waals surface area contributed by atoms with Gasteiger partial charge in [-0.3, -0.25) is 4.79 Å². The van der Waals surface area contributed by atoms with E-state index in [1.54, 1.807) is 6.20 Å². The van der Waals surface area contributed by atoms with Crippen molar-refractivity contribution in [2.75, 3.05) is 5.32 Å². The summed E-state index contributed by atoms with van der Waals surface area (Å²) in [6, 6.07) is 9.68. The first-order valence-corrected chi connectivity index (χ1v) is 3.78. The van der Waals surface area contributed by atoms with E-state index in [0.29, 0.717) is 0 Å². The second-order valence-corrected chi connectivity index (χ2v) is 2.45. The molecule has 62 valence electrons. The monoisotopic (exact) mass is 161 g/mol. The van der Waals surface area contributed by atoms with Crippen LogP contribution in [0, 0.1) is 0 Å². The van der Waals surface area contributed by atoms with Crippen molar-refractivity contribution in [3.05, 3.63) is 42.6 Å². The number of nitrogens with one attached hydrogen (secondary N) is 1. The maximum atomic E-state index is 10.5. The highest BCUT2D eigenvalue weighted by Gasteiger charge is 1.84. The molecule has 0 unspecified atom stereocenters.